The molecule has 0 saturated carbocycles. The van der Waals surface area contributed by atoms with Crippen molar-refractivity contribution in [3.63, 3.8) is 0 Å². The third kappa shape index (κ3) is 4.70. The Morgan fingerprint density at radius 3 is 2.50 bits per heavy atom. The van der Waals surface area contributed by atoms with E-state index in [9.17, 15) is 9.59 Å². The van der Waals surface area contributed by atoms with Crippen molar-refractivity contribution in [1.82, 2.24) is 4.90 Å². The number of nitrogens with zero attached hydrogens (tertiary/aromatic N) is 1. The molecule has 0 radical (unpaired) electrons. The van der Waals surface area contributed by atoms with E-state index in [0.29, 0.717) is 23.8 Å². The standard InChI is InChI=1S/C21H25N3O2/c1-16-9-7-8-14-24(16)15-20(25)23-19-13-6-5-12-18(19)21(26)22-17-10-3-2-4-11-17/h2-6,10-13,16H,7-9,14-15H2,1H3,(H,22,26)(H,23,25). The Balaban J connectivity index is 1.66. The molecule has 1 unspecified atom stereocenters. The second-order valence-electron chi connectivity index (χ2n) is 6.73. The fourth-order valence-electron chi connectivity index (χ4n) is 3.28. The largest absolute Gasteiger partial charge is 0.324 e. The maximum Gasteiger partial charge on any atom is 0.257 e. The molecule has 1 saturated heterocycles. The van der Waals surface area contributed by atoms with E-state index in [1.165, 1.54) is 6.42 Å². The minimum Gasteiger partial charge on any atom is -0.324 e. The first-order valence-electron chi connectivity index (χ1n) is 9.13. The molecule has 2 amide bonds. The van der Waals surface area contributed by atoms with Gasteiger partial charge in [-0.15, -0.1) is 0 Å². The summed E-state index contributed by atoms with van der Waals surface area (Å²) in [5, 5.41) is 5.76. The van der Waals surface area contributed by atoms with Crippen LogP contribution in [0.4, 0.5) is 11.4 Å². The highest BCUT2D eigenvalue weighted by Gasteiger charge is 2.21. The lowest BCUT2D eigenvalue weighted by Crippen LogP contribution is -2.42. The Kier molecular flexibility index (Phi) is 6.02. The van der Waals surface area contributed by atoms with Crippen LogP contribution in [0.25, 0.3) is 0 Å². The smallest absolute Gasteiger partial charge is 0.257 e. The van der Waals surface area contributed by atoms with Gasteiger partial charge in [-0.25, -0.2) is 0 Å². The summed E-state index contributed by atoms with van der Waals surface area (Å²) in [4.78, 5) is 27.3. The fourth-order valence-corrected chi connectivity index (χ4v) is 3.28. The van der Waals surface area contributed by atoms with E-state index in [2.05, 4.69) is 22.5 Å². The number of hydrogen-bond acceptors (Lipinski definition) is 3. The summed E-state index contributed by atoms with van der Waals surface area (Å²) in [6.45, 7) is 3.47. The number of anilines is 2. The summed E-state index contributed by atoms with van der Waals surface area (Å²) < 4.78 is 0. The molecule has 26 heavy (non-hydrogen) atoms. The molecule has 5 heteroatoms. The third-order valence-corrected chi connectivity index (χ3v) is 4.76. The minimum absolute atomic E-state index is 0.0845. The second-order valence-corrected chi connectivity index (χ2v) is 6.73. The van der Waals surface area contributed by atoms with Crippen LogP contribution in [0.15, 0.2) is 54.6 Å². The summed E-state index contributed by atoms with van der Waals surface area (Å²) in [5.74, 6) is -0.322. The SMILES string of the molecule is CC1CCCCN1CC(=O)Nc1ccccc1C(=O)Nc1ccccc1. The molecular weight excluding hydrogens is 326 g/mol. The van der Waals surface area contributed by atoms with Crippen LogP contribution in [-0.2, 0) is 4.79 Å². The zero-order valence-corrected chi connectivity index (χ0v) is 15.1. The molecule has 0 aliphatic carbocycles. The van der Waals surface area contributed by atoms with Crippen LogP contribution >= 0.6 is 0 Å². The molecule has 2 aromatic rings. The molecule has 2 N–H and O–H groups in total. The lowest BCUT2D eigenvalue weighted by Gasteiger charge is -2.32. The second kappa shape index (κ2) is 8.63. The number of carbonyl (C=O) groups is 2. The van der Waals surface area contributed by atoms with E-state index in [4.69, 9.17) is 0 Å². The zero-order valence-electron chi connectivity index (χ0n) is 15.1. The van der Waals surface area contributed by atoms with Gasteiger partial charge in [0.15, 0.2) is 0 Å². The van der Waals surface area contributed by atoms with Gasteiger partial charge in [-0.3, -0.25) is 14.5 Å². The van der Waals surface area contributed by atoms with E-state index < -0.39 is 0 Å². The van der Waals surface area contributed by atoms with Gasteiger partial charge in [-0.2, -0.15) is 0 Å². The van der Waals surface area contributed by atoms with Crippen LogP contribution < -0.4 is 10.6 Å². The maximum atomic E-state index is 12.6. The first-order valence-corrected chi connectivity index (χ1v) is 9.13. The molecule has 3 rings (SSSR count). The number of nitrogens with one attached hydrogen (secondary N) is 2. The topological polar surface area (TPSA) is 61.4 Å². The number of likely N-dealkylation sites (tertiary alicyclic amines) is 1. The predicted octanol–water partition coefficient (Wildman–Crippen LogP) is 3.75. The molecule has 1 fully saturated rings. The first-order chi connectivity index (χ1) is 12.6. The van der Waals surface area contributed by atoms with Crippen LogP contribution in [0.2, 0.25) is 0 Å². The van der Waals surface area contributed by atoms with Gasteiger partial charge in [-0.05, 0) is 50.6 Å². The Morgan fingerprint density at radius 1 is 1.00 bits per heavy atom. The Morgan fingerprint density at radius 2 is 1.73 bits per heavy atom. The van der Waals surface area contributed by atoms with E-state index in [0.717, 1.165) is 25.1 Å². The summed E-state index contributed by atoms with van der Waals surface area (Å²) in [7, 11) is 0. The van der Waals surface area contributed by atoms with Crippen LogP contribution in [0.3, 0.4) is 0 Å². The Hall–Kier alpha value is -2.66. The van der Waals surface area contributed by atoms with E-state index >= 15 is 0 Å². The summed E-state index contributed by atoms with van der Waals surface area (Å²) >= 11 is 0. The molecule has 2 aromatic carbocycles. The van der Waals surface area contributed by atoms with E-state index in [1.807, 2.05) is 36.4 Å². The number of benzene rings is 2. The Bertz CT molecular complexity index is 761. The number of para-hydroxylation sites is 2. The van der Waals surface area contributed by atoms with Gasteiger partial charge in [0.05, 0.1) is 17.8 Å². The highest BCUT2D eigenvalue weighted by atomic mass is 16.2. The molecule has 1 atom stereocenters. The molecule has 5 nitrogen and oxygen atoms in total. The minimum atomic E-state index is -0.238. The quantitative estimate of drug-likeness (QED) is 0.862. The number of amides is 2. The van der Waals surface area contributed by atoms with Crippen molar-refractivity contribution >= 4 is 23.2 Å². The number of hydrogen-bond donors (Lipinski definition) is 2. The van der Waals surface area contributed by atoms with Crippen LogP contribution in [0, 0.1) is 0 Å². The normalized spacial score (nSPS) is 17.5. The summed E-state index contributed by atoms with van der Waals surface area (Å²) in [6.07, 6.45) is 3.48. The molecule has 0 bridgehead atoms. The predicted molar refractivity (Wildman–Crippen MR) is 104 cm³/mol. The molecule has 1 aliphatic heterocycles. The molecule has 1 aliphatic rings. The van der Waals surface area contributed by atoms with Gasteiger partial charge in [-0.1, -0.05) is 36.8 Å². The van der Waals surface area contributed by atoms with Crippen LogP contribution in [0.5, 0.6) is 0 Å². The molecule has 0 aromatic heterocycles. The van der Waals surface area contributed by atoms with Gasteiger partial charge in [0, 0.05) is 11.7 Å². The van der Waals surface area contributed by atoms with Gasteiger partial charge in [0.1, 0.15) is 0 Å². The van der Waals surface area contributed by atoms with Crippen molar-refractivity contribution in [1.29, 1.82) is 0 Å². The van der Waals surface area contributed by atoms with Crippen LogP contribution in [0.1, 0.15) is 36.5 Å². The van der Waals surface area contributed by atoms with Crippen LogP contribution in [-0.4, -0.2) is 35.8 Å². The monoisotopic (exact) mass is 351 g/mol. The zero-order chi connectivity index (χ0) is 18.4. The summed E-state index contributed by atoms with van der Waals surface area (Å²) in [5.41, 5.74) is 1.72. The molecule has 0 spiro atoms. The molecular formula is C21H25N3O2. The number of carbonyl (C=O) groups excluding carboxylic acids is 2. The van der Waals surface area contributed by atoms with Crippen molar-refractivity contribution in [2.75, 3.05) is 23.7 Å². The average molecular weight is 351 g/mol. The van der Waals surface area contributed by atoms with E-state index in [-0.39, 0.29) is 11.8 Å². The number of rotatable bonds is 5. The third-order valence-electron chi connectivity index (χ3n) is 4.76. The summed E-state index contributed by atoms with van der Waals surface area (Å²) in [6, 6.07) is 16.8. The molecule has 1 heterocycles. The van der Waals surface area contributed by atoms with Gasteiger partial charge < -0.3 is 10.6 Å². The molecule has 136 valence electrons. The van der Waals surface area contributed by atoms with Gasteiger partial charge in [0.25, 0.3) is 5.91 Å². The first kappa shape index (κ1) is 18.1. The van der Waals surface area contributed by atoms with Crippen molar-refractivity contribution in [2.45, 2.75) is 32.2 Å². The number of piperidine rings is 1. The van der Waals surface area contributed by atoms with Crippen molar-refractivity contribution < 1.29 is 9.59 Å². The van der Waals surface area contributed by atoms with Gasteiger partial charge in [0.2, 0.25) is 5.91 Å². The fraction of sp³-hybridized carbons (Fsp3) is 0.333. The lowest BCUT2D eigenvalue weighted by atomic mass is 10.0. The van der Waals surface area contributed by atoms with E-state index in [1.54, 1.807) is 18.2 Å². The van der Waals surface area contributed by atoms with Crippen molar-refractivity contribution in [3.05, 3.63) is 60.2 Å². The van der Waals surface area contributed by atoms with Gasteiger partial charge >= 0.3 is 0 Å². The van der Waals surface area contributed by atoms with Crippen molar-refractivity contribution in [2.24, 2.45) is 0 Å². The highest BCUT2D eigenvalue weighted by molar-refractivity contribution is 6.10. The lowest BCUT2D eigenvalue weighted by molar-refractivity contribution is -0.118. The average Bonchev–Trinajstić information content (AvgIpc) is 2.65. The highest BCUT2D eigenvalue weighted by Crippen LogP contribution is 2.19. The maximum absolute atomic E-state index is 12.6. The Labute approximate surface area is 154 Å². The van der Waals surface area contributed by atoms with Crippen molar-refractivity contribution in [3.8, 4) is 0 Å².